The molecule has 0 amide bonds. The molecule has 3 nitrogen and oxygen atoms in total. The van der Waals surface area contributed by atoms with Crippen molar-refractivity contribution >= 4 is 14.0 Å². The zero-order valence-electron chi connectivity index (χ0n) is 16.6. The van der Waals surface area contributed by atoms with Gasteiger partial charge in [-0.1, -0.05) is 34.1 Å². The van der Waals surface area contributed by atoms with Gasteiger partial charge < -0.3 is 9.33 Å². The smallest absolute Gasteiger partial charge is 0.192 e. The van der Waals surface area contributed by atoms with Crippen LogP contribution in [0.4, 0.5) is 5.69 Å². The van der Waals surface area contributed by atoms with Gasteiger partial charge >= 0.3 is 0 Å². The highest BCUT2D eigenvalue weighted by Crippen LogP contribution is 2.37. The van der Waals surface area contributed by atoms with E-state index in [0.29, 0.717) is 6.61 Å². The van der Waals surface area contributed by atoms with Crippen molar-refractivity contribution in [1.82, 2.24) is 4.98 Å². The molecule has 2 rings (SSSR count). The predicted octanol–water partition coefficient (Wildman–Crippen LogP) is 5.55. The fourth-order valence-corrected chi connectivity index (χ4v) is 3.84. The molecule has 0 N–H and O–H groups in total. The number of rotatable bonds is 6. The summed E-state index contributed by atoms with van der Waals surface area (Å²) in [5.41, 5.74) is 3.67. The lowest BCUT2D eigenvalue weighted by atomic mass is 10.1. The number of aromatic nitrogens is 1. The molecule has 1 aliphatic heterocycles. The average molecular weight is 349 g/mol. The molecule has 2 heterocycles. The molecule has 1 aliphatic rings. The van der Waals surface area contributed by atoms with E-state index in [1.54, 1.807) is 0 Å². The highest BCUT2D eigenvalue weighted by atomic mass is 28.4. The molecule has 0 spiro atoms. The average Bonchev–Trinajstić information content (AvgIpc) is 2.53. The quantitative estimate of drug-likeness (QED) is 0.631. The lowest BCUT2D eigenvalue weighted by Gasteiger charge is -2.36. The van der Waals surface area contributed by atoms with Crippen LogP contribution in [0.15, 0.2) is 12.1 Å². The van der Waals surface area contributed by atoms with E-state index in [-0.39, 0.29) is 5.04 Å². The fraction of sp³-hybridized carbons (Fsp3) is 0.750. The van der Waals surface area contributed by atoms with Gasteiger partial charge in [0, 0.05) is 24.5 Å². The maximum absolute atomic E-state index is 6.41. The molecule has 0 unspecified atom stereocenters. The Labute approximate surface area is 149 Å². The summed E-state index contributed by atoms with van der Waals surface area (Å²) < 4.78 is 6.41. The van der Waals surface area contributed by atoms with Crippen LogP contribution in [-0.4, -0.2) is 26.4 Å². The third kappa shape index (κ3) is 5.06. The number of pyridine rings is 1. The SMILES string of the molecule is CCCc1cc(N2CCCCC2)cc(CO[Si](C)(C)C(C)(C)C)n1. The Morgan fingerprint density at radius 1 is 1.08 bits per heavy atom. The van der Waals surface area contributed by atoms with E-state index in [2.05, 4.69) is 57.8 Å². The van der Waals surface area contributed by atoms with Crippen LogP contribution in [0.1, 0.15) is 64.8 Å². The predicted molar refractivity (Wildman–Crippen MR) is 106 cm³/mol. The van der Waals surface area contributed by atoms with Crippen LogP contribution in [0.3, 0.4) is 0 Å². The van der Waals surface area contributed by atoms with Gasteiger partial charge in [0.15, 0.2) is 8.32 Å². The molecule has 0 atom stereocenters. The third-order valence-electron chi connectivity index (χ3n) is 5.53. The molecular weight excluding hydrogens is 312 g/mol. The summed E-state index contributed by atoms with van der Waals surface area (Å²) in [6, 6.07) is 4.56. The van der Waals surface area contributed by atoms with Crippen molar-refractivity contribution < 1.29 is 4.43 Å². The second-order valence-electron chi connectivity index (χ2n) is 8.65. The molecule has 24 heavy (non-hydrogen) atoms. The molecule has 1 aromatic heterocycles. The number of hydrogen-bond donors (Lipinski definition) is 0. The summed E-state index contributed by atoms with van der Waals surface area (Å²) in [4.78, 5) is 7.40. The summed E-state index contributed by atoms with van der Waals surface area (Å²) in [6.07, 6.45) is 6.17. The number of nitrogens with zero attached hydrogens (tertiary/aromatic N) is 2. The molecule has 136 valence electrons. The summed E-state index contributed by atoms with van der Waals surface area (Å²) in [5, 5.41) is 0.240. The van der Waals surface area contributed by atoms with Gasteiger partial charge in [0.25, 0.3) is 0 Å². The Kier molecular flexibility index (Phi) is 6.49. The zero-order chi connectivity index (χ0) is 17.8. The van der Waals surface area contributed by atoms with E-state index < -0.39 is 8.32 Å². The Balaban J connectivity index is 2.17. The molecule has 4 heteroatoms. The molecule has 0 bridgehead atoms. The summed E-state index contributed by atoms with van der Waals surface area (Å²) >= 11 is 0. The van der Waals surface area contributed by atoms with E-state index >= 15 is 0 Å². The maximum atomic E-state index is 6.41. The Morgan fingerprint density at radius 2 is 1.71 bits per heavy atom. The van der Waals surface area contributed by atoms with E-state index in [1.807, 2.05) is 0 Å². The van der Waals surface area contributed by atoms with Crippen LogP contribution in [0.25, 0.3) is 0 Å². The number of piperidine rings is 1. The first kappa shape index (κ1) is 19.5. The lowest BCUT2D eigenvalue weighted by Crippen LogP contribution is -2.40. The van der Waals surface area contributed by atoms with Crippen LogP contribution in [0.2, 0.25) is 18.1 Å². The van der Waals surface area contributed by atoms with Crippen molar-refractivity contribution in [2.24, 2.45) is 0 Å². The van der Waals surface area contributed by atoms with Gasteiger partial charge in [-0.15, -0.1) is 0 Å². The highest BCUT2D eigenvalue weighted by Gasteiger charge is 2.37. The zero-order valence-corrected chi connectivity index (χ0v) is 17.6. The van der Waals surface area contributed by atoms with Crippen molar-refractivity contribution in [1.29, 1.82) is 0 Å². The largest absolute Gasteiger partial charge is 0.411 e. The normalized spacial score (nSPS) is 16.5. The summed E-state index contributed by atoms with van der Waals surface area (Å²) in [6.45, 7) is 16.7. The van der Waals surface area contributed by atoms with Crippen LogP contribution >= 0.6 is 0 Å². The van der Waals surface area contributed by atoms with Crippen LogP contribution in [-0.2, 0) is 17.5 Å². The second kappa shape index (κ2) is 8.00. The van der Waals surface area contributed by atoms with Crippen molar-refractivity contribution in [2.45, 2.75) is 84.5 Å². The minimum Gasteiger partial charge on any atom is -0.411 e. The Morgan fingerprint density at radius 3 is 2.29 bits per heavy atom. The number of aryl methyl sites for hydroxylation is 1. The standard InChI is InChI=1S/C20H36N2OSi/c1-7-11-17-14-19(22-12-9-8-10-13-22)15-18(21-17)16-23-24(5,6)20(2,3)4/h14-15H,7-13,16H2,1-6H3. The van der Waals surface area contributed by atoms with Gasteiger partial charge in [-0.3, -0.25) is 4.98 Å². The second-order valence-corrected chi connectivity index (χ2v) is 13.5. The molecule has 0 aliphatic carbocycles. The number of anilines is 1. The van der Waals surface area contributed by atoms with Crippen molar-refractivity contribution in [3.8, 4) is 0 Å². The molecule has 1 fully saturated rings. The number of hydrogen-bond acceptors (Lipinski definition) is 3. The Hall–Kier alpha value is -0.873. The first-order valence-corrected chi connectivity index (χ1v) is 12.5. The molecule has 0 radical (unpaired) electrons. The third-order valence-corrected chi connectivity index (χ3v) is 10.0. The monoisotopic (exact) mass is 348 g/mol. The summed E-state index contributed by atoms with van der Waals surface area (Å²) in [5.74, 6) is 0. The fourth-order valence-electron chi connectivity index (χ4n) is 2.90. The molecule has 1 aromatic rings. The van der Waals surface area contributed by atoms with Gasteiger partial charge in [0.05, 0.1) is 12.3 Å². The highest BCUT2D eigenvalue weighted by molar-refractivity contribution is 6.74. The topological polar surface area (TPSA) is 25.4 Å². The first-order valence-electron chi connectivity index (χ1n) is 9.61. The van der Waals surface area contributed by atoms with E-state index in [1.165, 1.54) is 43.7 Å². The van der Waals surface area contributed by atoms with Gasteiger partial charge in [-0.05, 0) is 55.9 Å². The van der Waals surface area contributed by atoms with Crippen LogP contribution in [0, 0.1) is 0 Å². The van der Waals surface area contributed by atoms with Crippen molar-refractivity contribution in [3.05, 3.63) is 23.5 Å². The minimum atomic E-state index is -1.73. The minimum absolute atomic E-state index is 0.240. The van der Waals surface area contributed by atoms with E-state index in [4.69, 9.17) is 9.41 Å². The van der Waals surface area contributed by atoms with E-state index in [9.17, 15) is 0 Å². The molecular formula is C20H36N2OSi. The first-order chi connectivity index (χ1) is 11.2. The van der Waals surface area contributed by atoms with Crippen LogP contribution in [0.5, 0.6) is 0 Å². The van der Waals surface area contributed by atoms with Crippen LogP contribution < -0.4 is 4.90 Å². The molecule has 1 saturated heterocycles. The van der Waals surface area contributed by atoms with Gasteiger partial charge in [0.1, 0.15) is 0 Å². The molecule has 0 saturated carbocycles. The van der Waals surface area contributed by atoms with E-state index in [0.717, 1.165) is 18.5 Å². The maximum Gasteiger partial charge on any atom is 0.192 e. The Bertz CT molecular complexity index is 531. The van der Waals surface area contributed by atoms with Crippen molar-refractivity contribution in [3.63, 3.8) is 0 Å². The summed E-state index contributed by atoms with van der Waals surface area (Å²) in [7, 11) is -1.73. The van der Waals surface area contributed by atoms with Gasteiger partial charge in [-0.2, -0.15) is 0 Å². The molecule has 0 aromatic carbocycles. The lowest BCUT2D eigenvalue weighted by molar-refractivity contribution is 0.272. The van der Waals surface area contributed by atoms with Gasteiger partial charge in [-0.25, -0.2) is 0 Å². The van der Waals surface area contributed by atoms with Crippen molar-refractivity contribution in [2.75, 3.05) is 18.0 Å². The van der Waals surface area contributed by atoms with Gasteiger partial charge in [0.2, 0.25) is 0 Å².